The first kappa shape index (κ1) is 13.6. The zero-order chi connectivity index (χ0) is 14.1. The molecule has 1 saturated heterocycles. The van der Waals surface area contributed by atoms with E-state index in [1.807, 2.05) is 0 Å². The Balaban J connectivity index is 1.80. The molecule has 2 aliphatic rings. The first-order valence-electron chi connectivity index (χ1n) is 7.69. The Morgan fingerprint density at radius 2 is 1.95 bits per heavy atom. The Bertz CT molecular complexity index is 482. The van der Waals surface area contributed by atoms with Crippen LogP contribution in [0.15, 0.2) is 24.3 Å². The molecule has 3 heteroatoms. The molecule has 0 amide bonds. The lowest BCUT2D eigenvalue weighted by Gasteiger charge is -2.33. The summed E-state index contributed by atoms with van der Waals surface area (Å²) in [5.41, 5.74) is 2.48. The largest absolute Gasteiger partial charge is 0.480 e. The van der Waals surface area contributed by atoms with Gasteiger partial charge in [0.1, 0.15) is 6.04 Å². The van der Waals surface area contributed by atoms with Gasteiger partial charge in [-0.15, -0.1) is 0 Å². The highest BCUT2D eigenvalue weighted by Crippen LogP contribution is 2.40. The fourth-order valence-corrected chi connectivity index (χ4v) is 3.93. The van der Waals surface area contributed by atoms with Gasteiger partial charge in [-0.3, -0.25) is 9.69 Å². The van der Waals surface area contributed by atoms with E-state index >= 15 is 0 Å². The molecule has 1 aromatic carbocycles. The minimum absolute atomic E-state index is 0.288. The number of carbonyl (C=O) groups is 1. The quantitative estimate of drug-likeness (QED) is 0.919. The molecule has 3 nitrogen and oxygen atoms in total. The molecule has 0 radical (unpaired) electrons. The van der Waals surface area contributed by atoms with Gasteiger partial charge in [-0.1, -0.05) is 42.7 Å². The summed E-state index contributed by atoms with van der Waals surface area (Å²) in [6, 6.07) is 8.67. The van der Waals surface area contributed by atoms with Crippen molar-refractivity contribution in [2.24, 2.45) is 5.92 Å². The molecule has 108 valence electrons. The van der Waals surface area contributed by atoms with Crippen molar-refractivity contribution in [1.29, 1.82) is 0 Å². The number of nitrogens with zero attached hydrogens (tertiary/aromatic N) is 1. The van der Waals surface area contributed by atoms with E-state index in [1.165, 1.54) is 36.8 Å². The van der Waals surface area contributed by atoms with Crippen LogP contribution >= 0.6 is 0 Å². The van der Waals surface area contributed by atoms with Crippen LogP contribution in [0.3, 0.4) is 0 Å². The summed E-state index contributed by atoms with van der Waals surface area (Å²) in [4.78, 5) is 13.8. The van der Waals surface area contributed by atoms with Crippen LogP contribution in [0.4, 0.5) is 0 Å². The number of rotatable bonds is 3. The molecule has 1 N–H and O–H groups in total. The van der Waals surface area contributed by atoms with Crippen LogP contribution in [0.5, 0.6) is 0 Å². The molecule has 1 heterocycles. The second kappa shape index (κ2) is 5.57. The van der Waals surface area contributed by atoms with Crippen molar-refractivity contribution in [3.05, 3.63) is 35.4 Å². The monoisotopic (exact) mass is 273 g/mol. The Kier molecular flexibility index (Phi) is 3.79. The van der Waals surface area contributed by atoms with Gasteiger partial charge in [0.2, 0.25) is 0 Å². The Morgan fingerprint density at radius 1 is 1.25 bits per heavy atom. The Morgan fingerprint density at radius 3 is 2.65 bits per heavy atom. The number of hydrogen-bond acceptors (Lipinski definition) is 2. The highest BCUT2D eigenvalue weighted by molar-refractivity contribution is 5.74. The maximum atomic E-state index is 11.6. The maximum Gasteiger partial charge on any atom is 0.320 e. The number of hydrogen-bond donors (Lipinski definition) is 1. The summed E-state index contributed by atoms with van der Waals surface area (Å²) in [7, 11) is 0. The number of likely N-dealkylation sites (tertiary alicyclic amines) is 1. The lowest BCUT2D eigenvalue weighted by atomic mass is 9.84. The number of benzene rings is 1. The minimum atomic E-state index is -0.647. The normalized spacial score (nSPS) is 30.1. The standard InChI is InChI=1S/C17H23NO2/c1-12-6-8-13(9-7-12)11-18-15-5-3-2-4-14(15)10-16(18)17(19)20/h6-9,14-16H,2-5,10-11H2,1H3,(H,19,20)/t14-,15-,16-/m0/s1. The summed E-state index contributed by atoms with van der Waals surface area (Å²) >= 11 is 0. The van der Waals surface area contributed by atoms with Gasteiger partial charge in [-0.25, -0.2) is 0 Å². The van der Waals surface area contributed by atoms with Crippen LogP contribution in [0.25, 0.3) is 0 Å². The molecule has 0 bridgehead atoms. The predicted molar refractivity (Wildman–Crippen MR) is 78.5 cm³/mol. The van der Waals surface area contributed by atoms with Crippen molar-refractivity contribution in [2.45, 2.75) is 57.7 Å². The molecule has 1 aliphatic carbocycles. The number of aliphatic carboxylic acids is 1. The zero-order valence-electron chi connectivity index (χ0n) is 12.1. The van der Waals surface area contributed by atoms with Crippen LogP contribution in [0, 0.1) is 12.8 Å². The fraction of sp³-hybridized carbons (Fsp3) is 0.588. The average Bonchev–Trinajstić information content (AvgIpc) is 2.81. The SMILES string of the molecule is Cc1ccc(CN2[C@H](C(=O)O)C[C@@H]3CCCC[C@@H]32)cc1. The molecule has 0 unspecified atom stereocenters. The lowest BCUT2D eigenvalue weighted by molar-refractivity contribution is -0.142. The summed E-state index contributed by atoms with van der Waals surface area (Å²) in [6.45, 7) is 2.86. The first-order chi connectivity index (χ1) is 9.65. The predicted octanol–water partition coefficient (Wildman–Crippen LogP) is 3.21. The van der Waals surface area contributed by atoms with Crippen LogP contribution < -0.4 is 0 Å². The van der Waals surface area contributed by atoms with Crippen molar-refractivity contribution in [2.75, 3.05) is 0 Å². The second-order valence-corrected chi connectivity index (χ2v) is 6.36. The third-order valence-electron chi connectivity index (χ3n) is 4.99. The number of fused-ring (bicyclic) bond motifs is 1. The Labute approximate surface area is 120 Å². The van der Waals surface area contributed by atoms with Gasteiger partial charge in [0.05, 0.1) is 0 Å². The number of carboxylic acids is 1. The fourth-order valence-electron chi connectivity index (χ4n) is 3.93. The molecule has 3 rings (SSSR count). The molecular weight excluding hydrogens is 250 g/mol. The van der Waals surface area contributed by atoms with Crippen LogP contribution in [-0.4, -0.2) is 28.1 Å². The van der Waals surface area contributed by atoms with Gasteiger partial charge in [-0.2, -0.15) is 0 Å². The van der Waals surface area contributed by atoms with E-state index in [0.717, 1.165) is 13.0 Å². The van der Waals surface area contributed by atoms with E-state index in [1.54, 1.807) is 0 Å². The van der Waals surface area contributed by atoms with Crippen LogP contribution in [0.2, 0.25) is 0 Å². The van der Waals surface area contributed by atoms with Gasteiger partial charge in [0.15, 0.2) is 0 Å². The highest BCUT2D eigenvalue weighted by atomic mass is 16.4. The Hall–Kier alpha value is -1.35. The summed E-state index contributed by atoms with van der Waals surface area (Å²) in [5, 5.41) is 9.51. The van der Waals surface area contributed by atoms with Crippen LogP contribution in [0.1, 0.15) is 43.2 Å². The van der Waals surface area contributed by atoms with E-state index in [9.17, 15) is 9.90 Å². The topological polar surface area (TPSA) is 40.5 Å². The van der Waals surface area contributed by atoms with Gasteiger partial charge in [0.25, 0.3) is 0 Å². The third kappa shape index (κ3) is 2.59. The minimum Gasteiger partial charge on any atom is -0.480 e. The molecule has 1 saturated carbocycles. The lowest BCUT2D eigenvalue weighted by Crippen LogP contribution is -2.41. The van der Waals surface area contributed by atoms with Crippen molar-refractivity contribution in [1.82, 2.24) is 4.90 Å². The molecule has 0 aromatic heterocycles. The summed E-state index contributed by atoms with van der Waals surface area (Å²) in [5.74, 6) is -0.0539. The van der Waals surface area contributed by atoms with Crippen LogP contribution in [-0.2, 0) is 11.3 Å². The molecule has 0 spiro atoms. The molecule has 3 atom stereocenters. The molecule has 1 aliphatic heterocycles. The van der Waals surface area contributed by atoms with E-state index in [2.05, 4.69) is 36.1 Å². The summed E-state index contributed by atoms with van der Waals surface area (Å²) in [6.07, 6.45) is 5.73. The van der Waals surface area contributed by atoms with Gasteiger partial charge < -0.3 is 5.11 Å². The van der Waals surface area contributed by atoms with Gasteiger partial charge >= 0.3 is 5.97 Å². The molecule has 20 heavy (non-hydrogen) atoms. The van der Waals surface area contributed by atoms with Gasteiger partial charge in [-0.05, 0) is 37.7 Å². The zero-order valence-corrected chi connectivity index (χ0v) is 12.1. The van der Waals surface area contributed by atoms with E-state index in [-0.39, 0.29) is 6.04 Å². The second-order valence-electron chi connectivity index (χ2n) is 6.36. The van der Waals surface area contributed by atoms with Crippen molar-refractivity contribution in [3.8, 4) is 0 Å². The van der Waals surface area contributed by atoms with Gasteiger partial charge in [0, 0.05) is 12.6 Å². The van der Waals surface area contributed by atoms with Crippen molar-refractivity contribution >= 4 is 5.97 Å². The van der Waals surface area contributed by atoms with E-state index in [4.69, 9.17) is 0 Å². The molecule has 2 fully saturated rings. The summed E-state index contributed by atoms with van der Waals surface area (Å²) < 4.78 is 0. The number of carboxylic acid groups (broad SMARTS) is 1. The first-order valence-corrected chi connectivity index (χ1v) is 7.69. The van der Waals surface area contributed by atoms with E-state index < -0.39 is 5.97 Å². The van der Waals surface area contributed by atoms with Crippen molar-refractivity contribution in [3.63, 3.8) is 0 Å². The third-order valence-corrected chi connectivity index (χ3v) is 4.99. The number of aryl methyl sites for hydroxylation is 1. The highest BCUT2D eigenvalue weighted by Gasteiger charge is 2.44. The van der Waals surface area contributed by atoms with Crippen molar-refractivity contribution < 1.29 is 9.90 Å². The maximum absolute atomic E-state index is 11.6. The van der Waals surface area contributed by atoms with E-state index in [0.29, 0.717) is 12.0 Å². The smallest absolute Gasteiger partial charge is 0.320 e. The average molecular weight is 273 g/mol. The molecular formula is C17H23NO2. The molecule has 1 aromatic rings.